The zero-order valence-electron chi connectivity index (χ0n) is 7.37. The maximum absolute atomic E-state index is 12.3. The van der Waals surface area contributed by atoms with Crippen molar-refractivity contribution in [2.24, 2.45) is 0 Å². The number of alkyl halides is 3. The fraction of sp³-hybridized carbons (Fsp3) is 0.286. The average molecular weight is 222 g/mol. The van der Waals surface area contributed by atoms with Crippen molar-refractivity contribution >= 4 is 5.97 Å². The minimum Gasteiger partial charge on any atom is -0.479 e. The van der Waals surface area contributed by atoms with Gasteiger partial charge in [0.2, 0.25) is 11.6 Å². The van der Waals surface area contributed by atoms with Crippen molar-refractivity contribution in [2.75, 3.05) is 7.11 Å². The van der Waals surface area contributed by atoms with Crippen molar-refractivity contribution in [3.63, 3.8) is 0 Å². The van der Waals surface area contributed by atoms with Gasteiger partial charge in [0.1, 0.15) is 0 Å². The Bertz CT molecular complexity index is 392. The fourth-order valence-corrected chi connectivity index (χ4v) is 0.815. The molecule has 0 saturated carbocycles. The molecule has 5 nitrogen and oxygen atoms in total. The second kappa shape index (κ2) is 3.71. The Morgan fingerprint density at radius 2 is 2.13 bits per heavy atom. The van der Waals surface area contributed by atoms with Crippen LogP contribution >= 0.6 is 0 Å². The van der Waals surface area contributed by atoms with Gasteiger partial charge in [-0.15, -0.1) is 0 Å². The fourth-order valence-electron chi connectivity index (χ4n) is 0.815. The molecule has 8 heteroatoms. The zero-order valence-corrected chi connectivity index (χ0v) is 7.37. The minimum atomic E-state index is -4.80. The van der Waals surface area contributed by atoms with Gasteiger partial charge in [-0.1, -0.05) is 0 Å². The number of methoxy groups -OCH3 is 1. The molecule has 0 aliphatic rings. The summed E-state index contributed by atoms with van der Waals surface area (Å²) in [5.41, 5.74) is -2.24. The van der Waals surface area contributed by atoms with Gasteiger partial charge in [0.05, 0.1) is 13.3 Å². The van der Waals surface area contributed by atoms with E-state index in [1.165, 1.54) is 0 Å². The first-order valence-corrected chi connectivity index (χ1v) is 3.57. The molecule has 1 rings (SSSR count). The number of halogens is 3. The molecule has 0 saturated heterocycles. The summed E-state index contributed by atoms with van der Waals surface area (Å²) in [6, 6.07) is 0. The molecule has 82 valence electrons. The lowest BCUT2D eigenvalue weighted by Crippen LogP contribution is -2.14. The van der Waals surface area contributed by atoms with Crippen LogP contribution in [0.25, 0.3) is 0 Å². The molecule has 0 spiro atoms. The monoisotopic (exact) mass is 222 g/mol. The van der Waals surface area contributed by atoms with Crippen molar-refractivity contribution < 1.29 is 27.8 Å². The summed E-state index contributed by atoms with van der Waals surface area (Å²) >= 11 is 0. The largest absolute Gasteiger partial charge is 0.479 e. The van der Waals surface area contributed by atoms with Crippen molar-refractivity contribution in [1.82, 2.24) is 9.97 Å². The normalized spacial score (nSPS) is 11.2. The van der Waals surface area contributed by atoms with Crippen LogP contribution in [0, 0.1) is 0 Å². The average Bonchev–Trinajstić information content (AvgIpc) is 2.15. The van der Waals surface area contributed by atoms with Gasteiger partial charge >= 0.3 is 12.1 Å². The van der Waals surface area contributed by atoms with E-state index in [9.17, 15) is 18.0 Å². The third-order valence-electron chi connectivity index (χ3n) is 1.42. The highest BCUT2D eigenvalue weighted by atomic mass is 19.4. The summed E-state index contributed by atoms with van der Waals surface area (Å²) in [6.07, 6.45) is -4.11. The van der Waals surface area contributed by atoms with E-state index in [2.05, 4.69) is 14.7 Å². The molecule has 0 aromatic carbocycles. The Morgan fingerprint density at radius 1 is 1.53 bits per heavy atom. The Hall–Kier alpha value is -1.86. The van der Waals surface area contributed by atoms with Crippen LogP contribution in [0.4, 0.5) is 13.2 Å². The number of aromatic carboxylic acids is 1. The number of aromatic nitrogens is 2. The summed E-state index contributed by atoms with van der Waals surface area (Å²) in [5.74, 6) is -2.34. The second-order valence-electron chi connectivity index (χ2n) is 2.42. The number of hydrogen-bond donors (Lipinski definition) is 1. The van der Waals surface area contributed by atoms with E-state index in [1.807, 2.05) is 0 Å². The van der Waals surface area contributed by atoms with E-state index < -0.39 is 29.4 Å². The van der Waals surface area contributed by atoms with Gasteiger partial charge in [-0.2, -0.15) is 13.2 Å². The van der Waals surface area contributed by atoms with Crippen molar-refractivity contribution in [1.29, 1.82) is 0 Å². The summed E-state index contributed by atoms with van der Waals surface area (Å²) in [6.45, 7) is 0. The maximum atomic E-state index is 12.3. The zero-order chi connectivity index (χ0) is 11.6. The van der Waals surface area contributed by atoms with Crippen LogP contribution in [0.5, 0.6) is 5.88 Å². The summed E-state index contributed by atoms with van der Waals surface area (Å²) in [5, 5.41) is 8.43. The Balaban J connectivity index is 3.32. The second-order valence-corrected chi connectivity index (χ2v) is 2.42. The minimum absolute atomic E-state index is 0.691. The highest BCUT2D eigenvalue weighted by Crippen LogP contribution is 2.33. The lowest BCUT2D eigenvalue weighted by molar-refractivity contribution is -0.142. The summed E-state index contributed by atoms with van der Waals surface area (Å²) < 4.78 is 41.2. The molecule has 1 aromatic rings. The highest BCUT2D eigenvalue weighted by Gasteiger charge is 2.38. The topological polar surface area (TPSA) is 72.3 Å². The number of carboxylic acids is 1. The molecule has 0 aliphatic heterocycles. The molecular formula is C7H5F3N2O3. The molecule has 0 aliphatic carbocycles. The molecule has 0 fully saturated rings. The molecule has 0 bridgehead atoms. The smallest absolute Gasteiger partial charge is 0.438 e. The van der Waals surface area contributed by atoms with Crippen LogP contribution in [0.1, 0.15) is 16.2 Å². The number of carboxylic acid groups (broad SMARTS) is 1. The first kappa shape index (κ1) is 11.2. The Kier molecular flexibility index (Phi) is 2.78. The molecule has 0 unspecified atom stereocenters. The van der Waals surface area contributed by atoms with E-state index in [0.29, 0.717) is 6.20 Å². The lowest BCUT2D eigenvalue weighted by Gasteiger charge is -2.09. The molecular weight excluding hydrogens is 217 g/mol. The van der Waals surface area contributed by atoms with E-state index >= 15 is 0 Å². The number of hydrogen-bond acceptors (Lipinski definition) is 4. The predicted molar refractivity (Wildman–Crippen MR) is 40.5 cm³/mol. The molecule has 0 radical (unpaired) electrons. The molecule has 0 atom stereocenters. The summed E-state index contributed by atoms with van der Waals surface area (Å²) in [7, 11) is 0.986. The van der Waals surface area contributed by atoms with Crippen LogP contribution in [0.2, 0.25) is 0 Å². The molecule has 1 heterocycles. The van der Waals surface area contributed by atoms with Crippen molar-refractivity contribution in [3.8, 4) is 5.88 Å². The van der Waals surface area contributed by atoms with Gasteiger partial charge < -0.3 is 9.84 Å². The van der Waals surface area contributed by atoms with Crippen molar-refractivity contribution in [2.45, 2.75) is 6.18 Å². The van der Waals surface area contributed by atoms with Crippen LogP contribution < -0.4 is 4.74 Å². The van der Waals surface area contributed by atoms with Crippen molar-refractivity contribution in [3.05, 3.63) is 17.6 Å². The van der Waals surface area contributed by atoms with E-state index in [0.717, 1.165) is 7.11 Å². The first-order valence-electron chi connectivity index (χ1n) is 3.57. The van der Waals surface area contributed by atoms with Gasteiger partial charge in [-0.05, 0) is 0 Å². The van der Waals surface area contributed by atoms with Gasteiger partial charge in [0.25, 0.3) is 0 Å². The summed E-state index contributed by atoms with van der Waals surface area (Å²) in [4.78, 5) is 16.5. The van der Waals surface area contributed by atoms with Gasteiger partial charge in [-0.3, -0.25) is 0 Å². The Morgan fingerprint density at radius 3 is 2.53 bits per heavy atom. The highest BCUT2D eigenvalue weighted by molar-refractivity contribution is 5.85. The van der Waals surface area contributed by atoms with Crippen LogP contribution in [-0.2, 0) is 6.18 Å². The number of carbonyl (C=O) groups is 1. The lowest BCUT2D eigenvalue weighted by atomic mass is 10.3. The van der Waals surface area contributed by atoms with E-state index in [-0.39, 0.29) is 0 Å². The van der Waals surface area contributed by atoms with Crippen LogP contribution in [-0.4, -0.2) is 28.2 Å². The predicted octanol–water partition coefficient (Wildman–Crippen LogP) is 1.20. The van der Waals surface area contributed by atoms with Gasteiger partial charge in [-0.25, -0.2) is 14.8 Å². The SMILES string of the molecule is COc1ncc(C(=O)O)nc1C(F)(F)F. The quantitative estimate of drug-likeness (QED) is 0.813. The molecule has 1 N–H and O–H groups in total. The van der Waals surface area contributed by atoms with Gasteiger partial charge in [0.15, 0.2) is 5.69 Å². The third-order valence-corrected chi connectivity index (χ3v) is 1.42. The van der Waals surface area contributed by atoms with Crippen LogP contribution in [0.15, 0.2) is 6.20 Å². The maximum Gasteiger partial charge on any atom is 0.438 e. The standard InChI is InChI=1S/C7H5F3N2O3/c1-15-5-4(7(8,9)10)12-3(2-11-5)6(13)14/h2H,1H3,(H,13,14). The Labute approximate surface area is 81.5 Å². The molecule has 0 amide bonds. The first-order chi connectivity index (χ1) is 6.86. The number of nitrogens with zero attached hydrogens (tertiary/aromatic N) is 2. The van der Waals surface area contributed by atoms with Gasteiger partial charge in [0, 0.05) is 0 Å². The third kappa shape index (κ3) is 2.33. The van der Waals surface area contributed by atoms with E-state index in [4.69, 9.17) is 5.11 Å². The molecule has 1 aromatic heterocycles. The van der Waals surface area contributed by atoms with Crippen LogP contribution in [0.3, 0.4) is 0 Å². The van der Waals surface area contributed by atoms with E-state index in [1.54, 1.807) is 0 Å². The number of rotatable bonds is 2. The molecule has 15 heavy (non-hydrogen) atoms. The number of ether oxygens (including phenoxy) is 1.